The third-order valence-corrected chi connectivity index (χ3v) is 4.27. The molecule has 3 heteroatoms. The third kappa shape index (κ3) is 4.60. The van der Waals surface area contributed by atoms with Crippen molar-refractivity contribution >= 4 is 5.91 Å². The predicted molar refractivity (Wildman–Crippen MR) is 98.3 cm³/mol. The van der Waals surface area contributed by atoms with Crippen LogP contribution >= 0.6 is 0 Å². The van der Waals surface area contributed by atoms with Crippen molar-refractivity contribution in [3.8, 4) is 5.75 Å². The Labute approximate surface area is 145 Å². The Bertz CT molecular complexity index is 664. The number of para-hydroxylation sites is 1. The highest BCUT2D eigenvalue weighted by Gasteiger charge is 2.18. The molecule has 0 fully saturated rings. The fourth-order valence-corrected chi connectivity index (χ4v) is 2.61. The summed E-state index contributed by atoms with van der Waals surface area (Å²) in [4.78, 5) is 12.4. The SMILES string of the molecule is CCc1ccc([C@@H](C)NC(=O)[C@@H](C)Oc2ccccc2CC)cc1. The van der Waals surface area contributed by atoms with Crippen LogP contribution in [-0.4, -0.2) is 12.0 Å². The smallest absolute Gasteiger partial charge is 0.261 e. The van der Waals surface area contributed by atoms with Gasteiger partial charge in [0.1, 0.15) is 5.75 Å². The first-order chi connectivity index (χ1) is 11.5. The lowest BCUT2D eigenvalue weighted by atomic mass is 10.0. The maximum Gasteiger partial charge on any atom is 0.261 e. The molecule has 0 radical (unpaired) electrons. The molecule has 0 bridgehead atoms. The second-order valence-corrected chi connectivity index (χ2v) is 6.05. The van der Waals surface area contributed by atoms with Crippen LogP contribution in [-0.2, 0) is 17.6 Å². The average Bonchev–Trinajstić information content (AvgIpc) is 2.62. The van der Waals surface area contributed by atoms with Gasteiger partial charge in [-0.15, -0.1) is 0 Å². The first-order valence-corrected chi connectivity index (χ1v) is 8.68. The maximum absolute atomic E-state index is 12.4. The van der Waals surface area contributed by atoms with Crippen LogP contribution in [0, 0.1) is 0 Å². The Kier molecular flexibility index (Phi) is 6.42. The van der Waals surface area contributed by atoms with Gasteiger partial charge in [0.05, 0.1) is 6.04 Å². The number of hydrogen-bond donors (Lipinski definition) is 1. The maximum atomic E-state index is 12.4. The van der Waals surface area contributed by atoms with Crippen molar-refractivity contribution in [1.82, 2.24) is 5.32 Å². The fraction of sp³-hybridized carbons (Fsp3) is 0.381. The highest BCUT2D eigenvalue weighted by atomic mass is 16.5. The molecule has 0 saturated carbocycles. The molecule has 2 atom stereocenters. The van der Waals surface area contributed by atoms with Gasteiger partial charge in [-0.2, -0.15) is 0 Å². The number of hydrogen-bond acceptors (Lipinski definition) is 2. The summed E-state index contributed by atoms with van der Waals surface area (Å²) in [5, 5.41) is 3.03. The van der Waals surface area contributed by atoms with Crippen LogP contribution in [0.1, 0.15) is 50.4 Å². The zero-order valence-corrected chi connectivity index (χ0v) is 15.0. The fourth-order valence-electron chi connectivity index (χ4n) is 2.61. The van der Waals surface area contributed by atoms with Gasteiger partial charge in [0.15, 0.2) is 6.10 Å². The van der Waals surface area contributed by atoms with Crippen molar-refractivity contribution in [3.05, 3.63) is 65.2 Å². The molecule has 3 nitrogen and oxygen atoms in total. The normalized spacial score (nSPS) is 13.2. The molecule has 0 spiro atoms. The van der Waals surface area contributed by atoms with Crippen LogP contribution < -0.4 is 10.1 Å². The van der Waals surface area contributed by atoms with Crippen molar-refractivity contribution < 1.29 is 9.53 Å². The van der Waals surface area contributed by atoms with Crippen molar-refractivity contribution in [3.63, 3.8) is 0 Å². The highest BCUT2D eigenvalue weighted by Crippen LogP contribution is 2.20. The van der Waals surface area contributed by atoms with E-state index in [1.165, 1.54) is 5.56 Å². The quantitative estimate of drug-likeness (QED) is 0.816. The zero-order chi connectivity index (χ0) is 17.5. The largest absolute Gasteiger partial charge is 0.481 e. The Balaban J connectivity index is 1.97. The molecule has 2 aromatic carbocycles. The average molecular weight is 325 g/mol. The molecule has 0 heterocycles. The zero-order valence-electron chi connectivity index (χ0n) is 15.0. The summed E-state index contributed by atoms with van der Waals surface area (Å²) >= 11 is 0. The van der Waals surface area contributed by atoms with Crippen LogP contribution in [0.25, 0.3) is 0 Å². The molecule has 1 N–H and O–H groups in total. The van der Waals surface area contributed by atoms with E-state index in [1.807, 2.05) is 31.2 Å². The topological polar surface area (TPSA) is 38.3 Å². The standard InChI is InChI=1S/C21H27NO2/c1-5-17-11-13-19(14-12-17)15(3)22-21(23)16(4)24-20-10-8-7-9-18(20)6-2/h7-16H,5-6H2,1-4H3,(H,22,23)/t15-,16-/m1/s1. The number of rotatable bonds is 7. The van der Waals surface area contributed by atoms with Gasteiger partial charge in [-0.05, 0) is 49.4 Å². The minimum absolute atomic E-state index is 0.0455. The second-order valence-electron chi connectivity index (χ2n) is 6.05. The minimum atomic E-state index is -0.532. The first-order valence-electron chi connectivity index (χ1n) is 8.68. The molecule has 2 rings (SSSR count). The van der Waals surface area contributed by atoms with Crippen LogP contribution in [0.3, 0.4) is 0 Å². The number of carbonyl (C=O) groups is 1. The third-order valence-electron chi connectivity index (χ3n) is 4.27. The van der Waals surface area contributed by atoms with E-state index in [0.29, 0.717) is 0 Å². The van der Waals surface area contributed by atoms with E-state index in [1.54, 1.807) is 6.92 Å². The summed E-state index contributed by atoms with van der Waals surface area (Å²) in [6.07, 6.45) is 1.36. The number of amides is 1. The van der Waals surface area contributed by atoms with Crippen molar-refractivity contribution in [2.45, 2.75) is 52.7 Å². The van der Waals surface area contributed by atoms with E-state index < -0.39 is 6.10 Å². The van der Waals surface area contributed by atoms with Crippen molar-refractivity contribution in [1.29, 1.82) is 0 Å². The van der Waals surface area contributed by atoms with E-state index >= 15 is 0 Å². The summed E-state index contributed by atoms with van der Waals surface area (Å²) in [5.74, 6) is 0.676. The first kappa shape index (κ1) is 18.1. The number of ether oxygens (including phenoxy) is 1. The summed E-state index contributed by atoms with van der Waals surface area (Å²) < 4.78 is 5.86. The molecular formula is C21H27NO2. The van der Waals surface area contributed by atoms with Crippen molar-refractivity contribution in [2.75, 3.05) is 0 Å². The van der Waals surface area contributed by atoms with Gasteiger partial charge in [-0.1, -0.05) is 56.3 Å². The Morgan fingerprint density at radius 2 is 1.67 bits per heavy atom. The molecule has 0 aliphatic rings. The van der Waals surface area contributed by atoms with Gasteiger partial charge < -0.3 is 10.1 Å². The summed E-state index contributed by atoms with van der Waals surface area (Å²) in [6.45, 7) is 7.99. The molecule has 0 aliphatic heterocycles. The molecule has 0 saturated heterocycles. The molecule has 24 heavy (non-hydrogen) atoms. The number of aryl methyl sites for hydroxylation is 2. The lowest BCUT2D eigenvalue weighted by Crippen LogP contribution is -2.37. The van der Waals surface area contributed by atoms with E-state index in [-0.39, 0.29) is 11.9 Å². The van der Waals surface area contributed by atoms with Gasteiger partial charge in [-0.3, -0.25) is 4.79 Å². The number of nitrogens with one attached hydrogen (secondary N) is 1. The lowest BCUT2D eigenvalue weighted by Gasteiger charge is -2.20. The van der Waals surface area contributed by atoms with Gasteiger partial charge >= 0.3 is 0 Å². The van der Waals surface area contributed by atoms with Gasteiger partial charge in [0.2, 0.25) is 0 Å². The Morgan fingerprint density at radius 1 is 1.00 bits per heavy atom. The molecule has 128 valence electrons. The minimum Gasteiger partial charge on any atom is -0.481 e. The van der Waals surface area contributed by atoms with E-state index in [2.05, 4.69) is 43.4 Å². The monoisotopic (exact) mass is 325 g/mol. The number of benzene rings is 2. The second kappa shape index (κ2) is 8.53. The van der Waals surface area contributed by atoms with Crippen LogP contribution in [0.4, 0.5) is 0 Å². The van der Waals surface area contributed by atoms with E-state index in [9.17, 15) is 4.79 Å². The van der Waals surface area contributed by atoms with E-state index in [4.69, 9.17) is 4.74 Å². The predicted octanol–water partition coefficient (Wildman–Crippen LogP) is 4.46. The summed E-state index contributed by atoms with van der Waals surface area (Å²) in [6, 6.07) is 16.2. The number of carbonyl (C=O) groups excluding carboxylic acids is 1. The Morgan fingerprint density at radius 3 is 2.29 bits per heavy atom. The summed E-state index contributed by atoms with van der Waals surface area (Å²) in [7, 11) is 0. The van der Waals surface area contributed by atoms with Crippen LogP contribution in [0.5, 0.6) is 5.75 Å². The van der Waals surface area contributed by atoms with Crippen LogP contribution in [0.15, 0.2) is 48.5 Å². The lowest BCUT2D eigenvalue weighted by molar-refractivity contribution is -0.127. The molecule has 0 aliphatic carbocycles. The molecule has 1 amide bonds. The van der Waals surface area contributed by atoms with Gasteiger partial charge in [0.25, 0.3) is 5.91 Å². The molecule has 2 aromatic rings. The molecular weight excluding hydrogens is 298 g/mol. The van der Waals surface area contributed by atoms with Crippen molar-refractivity contribution in [2.24, 2.45) is 0 Å². The van der Waals surface area contributed by atoms with Gasteiger partial charge in [0, 0.05) is 0 Å². The Hall–Kier alpha value is -2.29. The van der Waals surface area contributed by atoms with Crippen LogP contribution in [0.2, 0.25) is 0 Å². The summed E-state index contributed by atoms with van der Waals surface area (Å²) in [5.41, 5.74) is 3.51. The van der Waals surface area contributed by atoms with Gasteiger partial charge in [-0.25, -0.2) is 0 Å². The molecule has 0 unspecified atom stereocenters. The van der Waals surface area contributed by atoms with E-state index in [0.717, 1.165) is 29.7 Å². The highest BCUT2D eigenvalue weighted by molar-refractivity contribution is 5.81. The molecule has 0 aromatic heterocycles.